The fourth-order valence-electron chi connectivity index (χ4n) is 1.88. The van der Waals surface area contributed by atoms with Crippen LogP contribution in [0.3, 0.4) is 0 Å². The predicted octanol–water partition coefficient (Wildman–Crippen LogP) is 2.04. The van der Waals surface area contributed by atoms with Gasteiger partial charge in [0.2, 0.25) is 0 Å². The van der Waals surface area contributed by atoms with Crippen LogP contribution in [0.1, 0.15) is 6.42 Å². The van der Waals surface area contributed by atoms with Crippen molar-refractivity contribution in [1.82, 2.24) is 9.69 Å². The van der Waals surface area contributed by atoms with Crippen molar-refractivity contribution in [3.63, 3.8) is 0 Å². The SMILES string of the molecule is c1cc(OC2CCNC2)c2cnsc2c1. The summed E-state index contributed by atoms with van der Waals surface area (Å²) in [4.78, 5) is 0. The first-order valence-corrected chi connectivity index (χ1v) is 5.91. The minimum Gasteiger partial charge on any atom is -0.488 e. The number of fused-ring (bicyclic) bond motifs is 1. The highest BCUT2D eigenvalue weighted by molar-refractivity contribution is 7.13. The number of aromatic nitrogens is 1. The summed E-state index contributed by atoms with van der Waals surface area (Å²) in [6.07, 6.45) is 3.29. The second-order valence-corrected chi connectivity index (χ2v) is 4.56. The molecule has 1 unspecified atom stereocenters. The molecule has 3 rings (SSSR count). The van der Waals surface area contributed by atoms with E-state index in [0.29, 0.717) is 6.10 Å². The highest BCUT2D eigenvalue weighted by Gasteiger charge is 2.17. The molecule has 1 aromatic heterocycles. The highest BCUT2D eigenvalue weighted by atomic mass is 32.1. The predicted molar refractivity (Wildman–Crippen MR) is 61.5 cm³/mol. The van der Waals surface area contributed by atoms with Crippen LogP contribution < -0.4 is 10.1 Å². The third-order valence-corrected chi connectivity index (χ3v) is 3.43. The maximum Gasteiger partial charge on any atom is 0.130 e. The summed E-state index contributed by atoms with van der Waals surface area (Å²) in [6.45, 7) is 2.01. The molecule has 0 aliphatic carbocycles. The molecule has 1 atom stereocenters. The van der Waals surface area contributed by atoms with E-state index >= 15 is 0 Å². The first-order valence-electron chi connectivity index (χ1n) is 5.14. The van der Waals surface area contributed by atoms with Gasteiger partial charge in [0.05, 0.1) is 16.3 Å². The number of ether oxygens (including phenoxy) is 1. The molecule has 1 aliphatic rings. The molecule has 2 aromatic rings. The van der Waals surface area contributed by atoms with Crippen LogP contribution in [0.5, 0.6) is 5.75 Å². The van der Waals surface area contributed by atoms with Gasteiger partial charge in [-0.2, -0.15) is 4.37 Å². The van der Waals surface area contributed by atoms with Crippen LogP contribution in [-0.4, -0.2) is 23.6 Å². The lowest BCUT2D eigenvalue weighted by Gasteiger charge is -2.12. The second-order valence-electron chi connectivity index (χ2n) is 3.73. The quantitative estimate of drug-likeness (QED) is 0.841. The Morgan fingerprint density at radius 3 is 3.33 bits per heavy atom. The summed E-state index contributed by atoms with van der Waals surface area (Å²) in [5.74, 6) is 0.968. The maximum atomic E-state index is 5.95. The van der Waals surface area contributed by atoms with Gasteiger partial charge in [0.25, 0.3) is 0 Å². The zero-order valence-corrected chi connectivity index (χ0v) is 9.09. The standard InChI is InChI=1S/C11H12N2OS/c1-2-10(14-8-4-5-12-6-8)9-7-13-15-11(9)3-1/h1-3,7-8,12H,4-6H2. The van der Waals surface area contributed by atoms with Crippen molar-refractivity contribution in [3.05, 3.63) is 24.4 Å². The Hall–Kier alpha value is -1.13. The van der Waals surface area contributed by atoms with Crippen LogP contribution in [0.25, 0.3) is 10.1 Å². The van der Waals surface area contributed by atoms with E-state index in [1.54, 1.807) is 0 Å². The molecule has 3 nitrogen and oxygen atoms in total. The zero-order valence-electron chi connectivity index (χ0n) is 8.27. The molecule has 78 valence electrons. The molecule has 15 heavy (non-hydrogen) atoms. The van der Waals surface area contributed by atoms with Crippen molar-refractivity contribution in [2.75, 3.05) is 13.1 Å². The molecule has 0 saturated carbocycles. The lowest BCUT2D eigenvalue weighted by molar-refractivity contribution is 0.226. The number of hydrogen-bond donors (Lipinski definition) is 1. The maximum absolute atomic E-state index is 5.95. The van der Waals surface area contributed by atoms with Crippen molar-refractivity contribution in [3.8, 4) is 5.75 Å². The van der Waals surface area contributed by atoms with Crippen molar-refractivity contribution < 1.29 is 4.74 Å². The van der Waals surface area contributed by atoms with Crippen LogP contribution in [0, 0.1) is 0 Å². The molecular formula is C11H12N2OS. The molecule has 1 aromatic carbocycles. The average Bonchev–Trinajstić information content (AvgIpc) is 2.87. The van der Waals surface area contributed by atoms with E-state index in [1.165, 1.54) is 16.2 Å². The molecule has 0 spiro atoms. The third-order valence-electron chi connectivity index (χ3n) is 2.67. The fraction of sp³-hybridized carbons (Fsp3) is 0.364. The van der Waals surface area contributed by atoms with Gasteiger partial charge in [-0.05, 0) is 36.6 Å². The molecule has 4 heteroatoms. The van der Waals surface area contributed by atoms with E-state index < -0.39 is 0 Å². The van der Waals surface area contributed by atoms with Gasteiger partial charge < -0.3 is 10.1 Å². The summed E-state index contributed by atoms with van der Waals surface area (Å²) in [5, 5.41) is 4.43. The monoisotopic (exact) mass is 220 g/mol. The molecule has 0 radical (unpaired) electrons. The number of rotatable bonds is 2. The minimum absolute atomic E-state index is 0.315. The topological polar surface area (TPSA) is 34.1 Å². The van der Waals surface area contributed by atoms with Crippen LogP contribution in [0.4, 0.5) is 0 Å². The molecule has 1 N–H and O–H groups in total. The minimum atomic E-state index is 0.315. The first-order chi connectivity index (χ1) is 7.43. The Kier molecular flexibility index (Phi) is 2.31. The lowest BCUT2D eigenvalue weighted by Crippen LogP contribution is -2.19. The number of hydrogen-bond acceptors (Lipinski definition) is 4. The average molecular weight is 220 g/mol. The fourth-order valence-corrected chi connectivity index (χ4v) is 2.54. The van der Waals surface area contributed by atoms with Crippen LogP contribution in [0.15, 0.2) is 24.4 Å². The molecule has 0 bridgehead atoms. The van der Waals surface area contributed by atoms with E-state index in [-0.39, 0.29) is 0 Å². The molecular weight excluding hydrogens is 208 g/mol. The third kappa shape index (κ3) is 1.70. The summed E-state index contributed by atoms with van der Waals surface area (Å²) in [7, 11) is 0. The Morgan fingerprint density at radius 2 is 2.47 bits per heavy atom. The highest BCUT2D eigenvalue weighted by Crippen LogP contribution is 2.29. The molecule has 0 amide bonds. The van der Waals surface area contributed by atoms with Gasteiger partial charge in [0.1, 0.15) is 11.9 Å². The van der Waals surface area contributed by atoms with Gasteiger partial charge in [-0.15, -0.1) is 0 Å². The number of nitrogens with one attached hydrogen (secondary N) is 1. The largest absolute Gasteiger partial charge is 0.488 e. The Balaban J connectivity index is 1.92. The Bertz CT molecular complexity index is 462. The summed E-state index contributed by atoms with van der Waals surface area (Å²) < 4.78 is 11.3. The summed E-state index contributed by atoms with van der Waals surface area (Å²) in [5.41, 5.74) is 0. The van der Waals surface area contributed by atoms with Crippen LogP contribution >= 0.6 is 11.5 Å². The smallest absolute Gasteiger partial charge is 0.130 e. The van der Waals surface area contributed by atoms with E-state index in [2.05, 4.69) is 15.8 Å². The molecule has 1 saturated heterocycles. The van der Waals surface area contributed by atoms with Gasteiger partial charge in [-0.25, -0.2) is 0 Å². The van der Waals surface area contributed by atoms with Gasteiger partial charge in [-0.3, -0.25) is 0 Å². The molecule has 2 heterocycles. The Labute approximate surface area is 92.2 Å². The van der Waals surface area contributed by atoms with Crippen molar-refractivity contribution in [1.29, 1.82) is 0 Å². The Morgan fingerprint density at radius 1 is 1.47 bits per heavy atom. The zero-order chi connectivity index (χ0) is 10.1. The van der Waals surface area contributed by atoms with Crippen molar-refractivity contribution >= 4 is 21.6 Å². The molecule has 1 fully saturated rings. The summed E-state index contributed by atoms with van der Waals surface area (Å²) in [6, 6.07) is 6.13. The van der Waals surface area contributed by atoms with Gasteiger partial charge in [0.15, 0.2) is 0 Å². The second kappa shape index (κ2) is 3.79. The van der Waals surface area contributed by atoms with Crippen LogP contribution in [0.2, 0.25) is 0 Å². The first kappa shape index (κ1) is 9.12. The van der Waals surface area contributed by atoms with Gasteiger partial charge in [-0.1, -0.05) is 6.07 Å². The van der Waals surface area contributed by atoms with Gasteiger partial charge >= 0.3 is 0 Å². The van der Waals surface area contributed by atoms with Crippen molar-refractivity contribution in [2.24, 2.45) is 0 Å². The van der Waals surface area contributed by atoms with E-state index in [4.69, 9.17) is 4.74 Å². The van der Waals surface area contributed by atoms with Crippen molar-refractivity contribution in [2.45, 2.75) is 12.5 Å². The van der Waals surface area contributed by atoms with E-state index in [9.17, 15) is 0 Å². The normalized spacial score (nSPS) is 20.9. The molecule has 1 aliphatic heterocycles. The van der Waals surface area contributed by atoms with Gasteiger partial charge in [0, 0.05) is 6.54 Å². The van der Waals surface area contributed by atoms with E-state index in [0.717, 1.165) is 30.6 Å². The lowest BCUT2D eigenvalue weighted by atomic mass is 10.2. The number of nitrogens with zero attached hydrogens (tertiary/aromatic N) is 1. The van der Waals surface area contributed by atoms with E-state index in [1.807, 2.05) is 18.3 Å². The number of benzene rings is 1. The van der Waals surface area contributed by atoms with Crippen LogP contribution in [-0.2, 0) is 0 Å². The summed E-state index contributed by atoms with van der Waals surface area (Å²) >= 11 is 1.51.